The number of amides is 1. The Hall–Kier alpha value is -1.08. The van der Waals surface area contributed by atoms with Crippen LogP contribution in [-0.2, 0) is 17.8 Å². The normalized spacial score (nSPS) is 15.4. The quantitative estimate of drug-likeness (QED) is 0.863. The molecule has 0 aromatic carbocycles. The number of rotatable bonds is 4. The van der Waals surface area contributed by atoms with Gasteiger partial charge in [-0.05, 0) is 23.4 Å². The third kappa shape index (κ3) is 4.21. The van der Waals surface area contributed by atoms with Gasteiger partial charge in [-0.1, -0.05) is 0 Å². The van der Waals surface area contributed by atoms with Crippen molar-refractivity contribution in [3.05, 3.63) is 21.9 Å². The molecule has 1 aliphatic heterocycles. The number of carbonyl (C=O) groups excluding carboxylic acids is 1. The first kappa shape index (κ1) is 14.3. The van der Waals surface area contributed by atoms with Crippen LogP contribution in [-0.4, -0.2) is 36.6 Å². The van der Waals surface area contributed by atoms with Crippen molar-refractivity contribution in [1.82, 2.24) is 10.2 Å². The van der Waals surface area contributed by atoms with Crippen LogP contribution in [0.25, 0.3) is 0 Å². The Bertz CT molecular complexity index is 444. The summed E-state index contributed by atoms with van der Waals surface area (Å²) in [6.45, 7) is 0.967. The zero-order valence-corrected chi connectivity index (χ0v) is 11.1. The van der Waals surface area contributed by atoms with E-state index in [0.717, 1.165) is 12.0 Å². The van der Waals surface area contributed by atoms with Crippen molar-refractivity contribution < 1.29 is 18.0 Å². The van der Waals surface area contributed by atoms with E-state index in [0.29, 0.717) is 13.1 Å². The topological polar surface area (TPSA) is 32.3 Å². The highest BCUT2D eigenvalue weighted by Crippen LogP contribution is 2.23. The molecule has 2 heterocycles. The van der Waals surface area contributed by atoms with Gasteiger partial charge >= 0.3 is 6.18 Å². The van der Waals surface area contributed by atoms with Gasteiger partial charge in [0.1, 0.15) is 0 Å². The van der Waals surface area contributed by atoms with Crippen LogP contribution >= 0.6 is 11.3 Å². The van der Waals surface area contributed by atoms with Gasteiger partial charge in [-0.15, -0.1) is 11.3 Å². The van der Waals surface area contributed by atoms with Crippen molar-refractivity contribution in [2.45, 2.75) is 25.6 Å². The molecule has 1 N–H and O–H groups in total. The SMILES string of the molecule is O=C(CNCCC(F)(F)F)N1CCc2sccc2C1. The molecule has 1 aliphatic rings. The number of hydrogen-bond acceptors (Lipinski definition) is 3. The molecule has 1 aromatic rings. The van der Waals surface area contributed by atoms with Crippen LogP contribution < -0.4 is 5.32 Å². The number of thiophene rings is 1. The van der Waals surface area contributed by atoms with Gasteiger partial charge in [0.2, 0.25) is 5.91 Å². The van der Waals surface area contributed by atoms with Gasteiger partial charge in [-0.25, -0.2) is 0 Å². The molecule has 1 amide bonds. The maximum absolute atomic E-state index is 11.9. The van der Waals surface area contributed by atoms with Gasteiger partial charge in [-0.3, -0.25) is 4.79 Å². The van der Waals surface area contributed by atoms with E-state index < -0.39 is 12.6 Å². The van der Waals surface area contributed by atoms with Crippen molar-refractivity contribution in [2.24, 2.45) is 0 Å². The van der Waals surface area contributed by atoms with Crippen LogP contribution in [0.4, 0.5) is 13.2 Å². The number of carbonyl (C=O) groups is 1. The number of hydrogen-bond donors (Lipinski definition) is 1. The molecule has 19 heavy (non-hydrogen) atoms. The molecule has 0 atom stereocenters. The van der Waals surface area contributed by atoms with Crippen LogP contribution in [0.5, 0.6) is 0 Å². The lowest BCUT2D eigenvalue weighted by Gasteiger charge is -2.27. The largest absolute Gasteiger partial charge is 0.390 e. The molecule has 0 radical (unpaired) electrons. The molecule has 3 nitrogen and oxygen atoms in total. The lowest BCUT2D eigenvalue weighted by Crippen LogP contribution is -2.41. The molecular weight excluding hydrogens is 277 g/mol. The first-order chi connectivity index (χ1) is 8.96. The second-order valence-corrected chi connectivity index (χ2v) is 5.48. The highest BCUT2D eigenvalue weighted by Gasteiger charge is 2.26. The molecule has 2 rings (SSSR count). The molecule has 1 aromatic heterocycles. The minimum atomic E-state index is -4.17. The highest BCUT2D eigenvalue weighted by molar-refractivity contribution is 7.10. The molecule has 0 saturated heterocycles. The molecule has 7 heteroatoms. The second-order valence-electron chi connectivity index (χ2n) is 4.48. The van der Waals surface area contributed by atoms with Crippen LogP contribution in [0.2, 0.25) is 0 Å². The molecule has 0 unspecified atom stereocenters. The Morgan fingerprint density at radius 2 is 2.26 bits per heavy atom. The van der Waals surface area contributed by atoms with Gasteiger partial charge in [0.15, 0.2) is 0 Å². The van der Waals surface area contributed by atoms with E-state index in [4.69, 9.17) is 0 Å². The van der Waals surface area contributed by atoms with Crippen LogP contribution in [0.15, 0.2) is 11.4 Å². The van der Waals surface area contributed by atoms with Gasteiger partial charge in [0, 0.05) is 24.5 Å². The van der Waals surface area contributed by atoms with E-state index in [1.165, 1.54) is 4.88 Å². The smallest absolute Gasteiger partial charge is 0.337 e. The van der Waals surface area contributed by atoms with Gasteiger partial charge in [-0.2, -0.15) is 13.2 Å². The molecular formula is C12H15F3N2OS. The summed E-state index contributed by atoms with van der Waals surface area (Å²) < 4.78 is 35.8. The Morgan fingerprint density at radius 3 is 3.00 bits per heavy atom. The van der Waals surface area contributed by atoms with Gasteiger partial charge in [0.05, 0.1) is 13.0 Å². The Labute approximate surface area is 113 Å². The van der Waals surface area contributed by atoms with Crippen molar-refractivity contribution in [2.75, 3.05) is 19.6 Å². The predicted molar refractivity (Wildman–Crippen MR) is 67.0 cm³/mol. The molecule has 0 spiro atoms. The molecule has 106 valence electrons. The fourth-order valence-electron chi connectivity index (χ4n) is 2.00. The summed E-state index contributed by atoms with van der Waals surface area (Å²) in [5.41, 5.74) is 1.15. The number of alkyl halides is 3. The van der Waals surface area contributed by atoms with E-state index in [2.05, 4.69) is 5.32 Å². The lowest BCUT2D eigenvalue weighted by molar-refractivity contribution is -0.136. The molecule has 0 fully saturated rings. The summed E-state index contributed by atoms with van der Waals surface area (Å²) in [6, 6.07) is 2.00. The summed E-state index contributed by atoms with van der Waals surface area (Å²) in [7, 11) is 0. The first-order valence-electron chi connectivity index (χ1n) is 6.06. The van der Waals surface area contributed by atoms with Crippen molar-refractivity contribution in [3.8, 4) is 0 Å². The molecule has 0 saturated carbocycles. The predicted octanol–water partition coefficient (Wildman–Crippen LogP) is 2.17. The van der Waals surface area contributed by atoms with E-state index in [9.17, 15) is 18.0 Å². The minimum Gasteiger partial charge on any atom is -0.337 e. The summed E-state index contributed by atoms with van der Waals surface area (Å²) in [5.74, 6) is -0.140. The van der Waals surface area contributed by atoms with E-state index in [1.807, 2.05) is 11.4 Å². The average Bonchev–Trinajstić information content (AvgIpc) is 2.80. The Balaban J connectivity index is 1.73. The zero-order valence-electron chi connectivity index (χ0n) is 10.3. The van der Waals surface area contributed by atoms with E-state index in [-0.39, 0.29) is 19.0 Å². The van der Waals surface area contributed by atoms with Crippen LogP contribution in [0.3, 0.4) is 0 Å². The van der Waals surface area contributed by atoms with Crippen molar-refractivity contribution in [3.63, 3.8) is 0 Å². The van der Waals surface area contributed by atoms with Gasteiger partial charge < -0.3 is 10.2 Å². The van der Waals surface area contributed by atoms with Crippen molar-refractivity contribution in [1.29, 1.82) is 0 Å². The summed E-state index contributed by atoms with van der Waals surface area (Å²) in [6.07, 6.45) is -4.25. The van der Waals surface area contributed by atoms with Crippen molar-refractivity contribution >= 4 is 17.2 Å². The number of nitrogens with one attached hydrogen (secondary N) is 1. The maximum Gasteiger partial charge on any atom is 0.390 e. The second kappa shape index (κ2) is 5.92. The first-order valence-corrected chi connectivity index (χ1v) is 6.94. The highest BCUT2D eigenvalue weighted by atomic mass is 32.1. The van der Waals surface area contributed by atoms with E-state index in [1.54, 1.807) is 16.2 Å². The van der Waals surface area contributed by atoms with Crippen LogP contribution in [0.1, 0.15) is 16.9 Å². The van der Waals surface area contributed by atoms with Gasteiger partial charge in [0.25, 0.3) is 0 Å². The fraction of sp³-hybridized carbons (Fsp3) is 0.583. The third-order valence-electron chi connectivity index (χ3n) is 3.02. The Kier molecular flexibility index (Phi) is 4.46. The number of nitrogens with zero attached hydrogens (tertiary/aromatic N) is 1. The summed E-state index contributed by atoms with van der Waals surface area (Å²) in [4.78, 5) is 14.8. The molecule has 0 aliphatic carbocycles. The fourth-order valence-corrected chi connectivity index (χ4v) is 2.89. The maximum atomic E-state index is 11.9. The summed E-state index contributed by atoms with van der Waals surface area (Å²) >= 11 is 1.68. The Morgan fingerprint density at radius 1 is 1.47 bits per heavy atom. The van der Waals surface area contributed by atoms with E-state index >= 15 is 0 Å². The van der Waals surface area contributed by atoms with Crippen LogP contribution in [0, 0.1) is 0 Å². The minimum absolute atomic E-state index is 0.0322. The third-order valence-corrected chi connectivity index (χ3v) is 4.04. The standard InChI is InChI=1S/C12H15F3N2OS/c13-12(14,15)3-4-16-7-11(18)17-5-1-10-9(8-17)2-6-19-10/h2,6,16H,1,3-5,7-8H2. The lowest BCUT2D eigenvalue weighted by atomic mass is 10.1. The average molecular weight is 292 g/mol. The zero-order chi connectivity index (χ0) is 13.9. The monoisotopic (exact) mass is 292 g/mol. The number of fused-ring (bicyclic) bond motifs is 1. The molecule has 0 bridgehead atoms. The summed E-state index contributed by atoms with van der Waals surface area (Å²) in [5, 5.41) is 4.55. The number of halogens is 3.